The molecular formula is C24H29NO4. The van der Waals surface area contributed by atoms with Gasteiger partial charge >= 0.3 is 5.97 Å². The van der Waals surface area contributed by atoms with E-state index < -0.39 is 17.9 Å². The molecule has 0 saturated carbocycles. The van der Waals surface area contributed by atoms with Crippen LogP contribution in [0, 0.1) is 11.3 Å². The van der Waals surface area contributed by atoms with Crippen LogP contribution in [0.5, 0.6) is 0 Å². The number of amides is 1. The molecule has 0 spiro atoms. The molecule has 0 bridgehead atoms. The van der Waals surface area contributed by atoms with Gasteiger partial charge in [0.1, 0.15) is 5.92 Å². The first kappa shape index (κ1) is 22.3. The number of carbonyl (C=O) groups is 3. The molecule has 2 aromatic carbocycles. The topological polar surface area (TPSA) is 72.5 Å². The maximum atomic E-state index is 13.3. The summed E-state index contributed by atoms with van der Waals surface area (Å²) in [5.41, 5.74) is 0.663. The lowest BCUT2D eigenvalue weighted by atomic mass is 9.80. The number of esters is 1. The maximum absolute atomic E-state index is 13.3. The minimum Gasteiger partial charge on any atom is -0.465 e. The van der Waals surface area contributed by atoms with Crippen LogP contribution in [0.4, 0.5) is 0 Å². The van der Waals surface area contributed by atoms with Crippen molar-refractivity contribution >= 4 is 17.7 Å². The first-order chi connectivity index (χ1) is 13.7. The summed E-state index contributed by atoms with van der Waals surface area (Å²) in [4.78, 5) is 38.9. The van der Waals surface area contributed by atoms with Gasteiger partial charge in [0.05, 0.1) is 12.6 Å². The Hall–Kier alpha value is -2.95. The molecule has 2 atom stereocenters. The molecular weight excluding hydrogens is 366 g/mol. The van der Waals surface area contributed by atoms with Crippen LogP contribution < -0.4 is 5.32 Å². The monoisotopic (exact) mass is 395 g/mol. The molecule has 0 aromatic heterocycles. The van der Waals surface area contributed by atoms with Crippen LogP contribution in [-0.2, 0) is 9.53 Å². The van der Waals surface area contributed by atoms with Crippen molar-refractivity contribution in [1.29, 1.82) is 0 Å². The van der Waals surface area contributed by atoms with Crippen molar-refractivity contribution in [3.05, 3.63) is 71.8 Å². The fourth-order valence-corrected chi connectivity index (χ4v) is 3.22. The Morgan fingerprint density at radius 2 is 1.41 bits per heavy atom. The molecule has 0 heterocycles. The van der Waals surface area contributed by atoms with Gasteiger partial charge < -0.3 is 10.1 Å². The molecule has 154 valence electrons. The average molecular weight is 395 g/mol. The fourth-order valence-electron chi connectivity index (χ4n) is 3.22. The summed E-state index contributed by atoms with van der Waals surface area (Å²) in [7, 11) is 0. The second-order valence-electron chi connectivity index (χ2n) is 8.17. The summed E-state index contributed by atoms with van der Waals surface area (Å²) in [6.07, 6.45) is 0.438. The first-order valence-corrected chi connectivity index (χ1v) is 9.84. The second kappa shape index (κ2) is 10.0. The van der Waals surface area contributed by atoms with Crippen LogP contribution in [-0.4, -0.2) is 30.3 Å². The molecule has 0 saturated heterocycles. The normalized spacial score (nSPS) is 13.2. The number of benzene rings is 2. The highest BCUT2D eigenvalue weighted by Gasteiger charge is 2.39. The zero-order valence-electron chi connectivity index (χ0n) is 17.5. The maximum Gasteiger partial charge on any atom is 0.318 e. The van der Waals surface area contributed by atoms with Crippen molar-refractivity contribution in [1.82, 2.24) is 5.32 Å². The van der Waals surface area contributed by atoms with Gasteiger partial charge in [-0.3, -0.25) is 14.4 Å². The summed E-state index contributed by atoms with van der Waals surface area (Å²) in [6.45, 7) is 7.87. The van der Waals surface area contributed by atoms with Crippen molar-refractivity contribution in [3.8, 4) is 0 Å². The van der Waals surface area contributed by atoms with Gasteiger partial charge in [-0.2, -0.15) is 0 Å². The SMILES string of the molecule is CCOC(=O)C(C(=O)c1ccccc1)C(CC(C)(C)C)NC(=O)c1ccccc1. The van der Waals surface area contributed by atoms with Gasteiger partial charge in [-0.25, -0.2) is 0 Å². The average Bonchev–Trinajstić information content (AvgIpc) is 2.68. The van der Waals surface area contributed by atoms with Gasteiger partial charge in [0.25, 0.3) is 5.91 Å². The number of ketones is 1. The van der Waals surface area contributed by atoms with E-state index in [2.05, 4.69) is 5.32 Å². The molecule has 2 rings (SSSR count). The summed E-state index contributed by atoms with van der Waals surface area (Å²) in [5.74, 6) is -2.42. The number of ether oxygens (including phenoxy) is 1. The number of nitrogens with one attached hydrogen (secondary N) is 1. The Kier molecular flexibility index (Phi) is 7.71. The number of carbonyl (C=O) groups excluding carboxylic acids is 3. The van der Waals surface area contributed by atoms with E-state index in [0.717, 1.165) is 0 Å². The fraction of sp³-hybridized carbons (Fsp3) is 0.375. The third-order valence-corrected chi connectivity index (χ3v) is 4.47. The van der Waals surface area contributed by atoms with Crippen LogP contribution >= 0.6 is 0 Å². The quantitative estimate of drug-likeness (QED) is 0.411. The summed E-state index contributed by atoms with van der Waals surface area (Å²) in [6, 6.07) is 16.7. The Bertz CT molecular complexity index is 825. The Morgan fingerprint density at radius 1 is 0.897 bits per heavy atom. The third kappa shape index (κ3) is 6.56. The van der Waals surface area contributed by atoms with Crippen LogP contribution in [0.3, 0.4) is 0 Å². The van der Waals surface area contributed by atoms with Crippen molar-refractivity contribution in [2.24, 2.45) is 11.3 Å². The van der Waals surface area contributed by atoms with Crippen molar-refractivity contribution in [2.75, 3.05) is 6.61 Å². The van der Waals surface area contributed by atoms with Gasteiger partial charge in [-0.15, -0.1) is 0 Å². The van der Waals surface area contributed by atoms with E-state index in [9.17, 15) is 14.4 Å². The van der Waals surface area contributed by atoms with Crippen molar-refractivity contribution in [3.63, 3.8) is 0 Å². The molecule has 0 fully saturated rings. The van der Waals surface area contributed by atoms with Gasteiger partial charge in [0.15, 0.2) is 5.78 Å². The van der Waals surface area contributed by atoms with E-state index in [1.165, 1.54) is 0 Å². The lowest BCUT2D eigenvalue weighted by molar-refractivity contribution is -0.147. The standard InChI is InChI=1S/C24H29NO4/c1-5-29-23(28)20(21(26)17-12-8-6-9-13-17)19(16-24(2,3)4)25-22(27)18-14-10-7-11-15-18/h6-15,19-20H,5,16H2,1-4H3,(H,25,27). The molecule has 0 aliphatic rings. The predicted octanol–water partition coefficient (Wildman–Crippen LogP) is 4.28. The highest BCUT2D eigenvalue weighted by atomic mass is 16.5. The largest absolute Gasteiger partial charge is 0.465 e. The molecule has 0 aliphatic heterocycles. The molecule has 1 N–H and O–H groups in total. The molecule has 0 aliphatic carbocycles. The zero-order valence-corrected chi connectivity index (χ0v) is 17.5. The predicted molar refractivity (Wildman–Crippen MR) is 113 cm³/mol. The lowest BCUT2D eigenvalue weighted by Gasteiger charge is -2.31. The summed E-state index contributed by atoms with van der Waals surface area (Å²) < 4.78 is 5.22. The number of hydrogen-bond acceptors (Lipinski definition) is 4. The van der Waals surface area contributed by atoms with Crippen LogP contribution in [0.2, 0.25) is 0 Å². The van der Waals surface area contributed by atoms with Crippen molar-refractivity contribution < 1.29 is 19.1 Å². The van der Waals surface area contributed by atoms with E-state index in [-0.39, 0.29) is 23.7 Å². The van der Waals surface area contributed by atoms with Gasteiger partial charge in [0.2, 0.25) is 0 Å². The molecule has 1 amide bonds. The number of Topliss-reactive ketones (excluding diaryl/α,β-unsaturated/α-hetero) is 1. The number of hydrogen-bond donors (Lipinski definition) is 1. The van der Waals surface area contributed by atoms with E-state index >= 15 is 0 Å². The molecule has 2 aromatic rings. The molecule has 2 unspecified atom stereocenters. The molecule has 5 nitrogen and oxygen atoms in total. The van der Waals surface area contributed by atoms with Crippen LogP contribution in [0.25, 0.3) is 0 Å². The summed E-state index contributed by atoms with van der Waals surface area (Å²) in [5, 5.41) is 2.92. The third-order valence-electron chi connectivity index (χ3n) is 4.47. The Labute approximate surface area is 172 Å². The Balaban J connectivity index is 2.41. The van der Waals surface area contributed by atoms with E-state index in [1.807, 2.05) is 26.8 Å². The lowest BCUT2D eigenvalue weighted by Crippen LogP contribution is -2.49. The minimum atomic E-state index is -1.12. The molecule has 0 radical (unpaired) electrons. The second-order valence-corrected chi connectivity index (χ2v) is 8.17. The van der Waals surface area contributed by atoms with E-state index in [0.29, 0.717) is 17.5 Å². The van der Waals surface area contributed by atoms with E-state index in [4.69, 9.17) is 4.74 Å². The number of rotatable bonds is 8. The van der Waals surface area contributed by atoms with Crippen molar-refractivity contribution in [2.45, 2.75) is 40.2 Å². The molecule has 29 heavy (non-hydrogen) atoms. The zero-order chi connectivity index (χ0) is 21.4. The first-order valence-electron chi connectivity index (χ1n) is 9.84. The van der Waals surface area contributed by atoms with Gasteiger partial charge in [-0.1, -0.05) is 69.3 Å². The summed E-state index contributed by atoms with van der Waals surface area (Å²) >= 11 is 0. The molecule has 5 heteroatoms. The van der Waals surface area contributed by atoms with Gasteiger partial charge in [0, 0.05) is 11.1 Å². The van der Waals surface area contributed by atoms with E-state index in [1.54, 1.807) is 61.5 Å². The van der Waals surface area contributed by atoms with Crippen LogP contribution in [0.1, 0.15) is 54.8 Å². The van der Waals surface area contributed by atoms with Gasteiger partial charge in [-0.05, 0) is 30.9 Å². The Morgan fingerprint density at radius 3 is 1.90 bits per heavy atom. The minimum absolute atomic E-state index is 0.159. The highest BCUT2D eigenvalue weighted by molar-refractivity contribution is 6.09. The van der Waals surface area contributed by atoms with Crippen LogP contribution in [0.15, 0.2) is 60.7 Å². The highest BCUT2D eigenvalue weighted by Crippen LogP contribution is 2.27. The smallest absolute Gasteiger partial charge is 0.318 e.